The molecule has 0 aliphatic heterocycles. The second-order valence-corrected chi connectivity index (χ2v) is 9.55. The number of aliphatic hydroxyl groups excluding tert-OH is 1. The Hall–Kier alpha value is -3.91. The van der Waals surface area contributed by atoms with E-state index in [-0.39, 0.29) is 12.2 Å². The van der Waals surface area contributed by atoms with Crippen LogP contribution in [0.15, 0.2) is 60.9 Å². The minimum absolute atomic E-state index is 0.162. The molecule has 1 aliphatic rings. The Morgan fingerprint density at radius 2 is 1.92 bits per heavy atom. The van der Waals surface area contributed by atoms with Crippen LogP contribution in [0, 0.1) is 11.7 Å². The number of nitrogens with zero attached hydrogens (tertiary/aromatic N) is 1. The van der Waals surface area contributed by atoms with Gasteiger partial charge in [-0.15, -0.1) is 0 Å². The summed E-state index contributed by atoms with van der Waals surface area (Å²) in [6, 6.07) is 14.3. The van der Waals surface area contributed by atoms with E-state index in [1.54, 1.807) is 0 Å². The summed E-state index contributed by atoms with van der Waals surface area (Å²) in [5.41, 5.74) is 5.04. The van der Waals surface area contributed by atoms with Crippen LogP contribution in [-0.2, 0) is 6.54 Å². The highest BCUT2D eigenvalue weighted by Crippen LogP contribution is 2.35. The molecule has 0 bridgehead atoms. The second-order valence-electron chi connectivity index (χ2n) is 9.55. The van der Waals surface area contributed by atoms with Crippen molar-refractivity contribution in [2.45, 2.75) is 38.3 Å². The van der Waals surface area contributed by atoms with Gasteiger partial charge in [-0.3, -0.25) is 4.79 Å². The van der Waals surface area contributed by atoms with Crippen molar-refractivity contribution in [3.63, 3.8) is 0 Å². The van der Waals surface area contributed by atoms with Crippen LogP contribution in [0.25, 0.3) is 22.2 Å². The summed E-state index contributed by atoms with van der Waals surface area (Å²) in [6.45, 7) is 0.574. The highest BCUT2D eigenvalue weighted by Gasteiger charge is 2.22. The van der Waals surface area contributed by atoms with E-state index in [1.165, 1.54) is 25.3 Å². The van der Waals surface area contributed by atoms with E-state index >= 15 is 0 Å². The molecule has 192 valence electrons. The van der Waals surface area contributed by atoms with Crippen LogP contribution in [0.5, 0.6) is 5.75 Å². The molecule has 0 radical (unpaired) electrons. The molecule has 0 unspecified atom stereocenters. The number of aromatic amines is 1. The number of halogens is 1. The second kappa shape index (κ2) is 11.0. The number of hydrogen-bond donors (Lipinski definition) is 4. The van der Waals surface area contributed by atoms with Crippen LogP contribution in [0.1, 0.15) is 41.6 Å². The van der Waals surface area contributed by atoms with Crippen molar-refractivity contribution in [3.8, 4) is 16.9 Å². The van der Waals surface area contributed by atoms with Gasteiger partial charge >= 0.3 is 0 Å². The standard InChI is InChI=1S/C29H31FN4O3/c1-37-26-11-8-21(30)14-23(26)29(36)33-15-18-2-6-20(7-3-18)24-16-32-28-27(24)25(12-13-31-28)34-22-9-4-19(17-35)5-10-22/h2-3,6-8,11-14,16,19,22,35H,4-5,9-10,15,17H2,1H3,(H,33,36)(H2,31,32,34). The number of nitrogens with one attached hydrogen (secondary N) is 3. The van der Waals surface area contributed by atoms with Gasteiger partial charge in [0.2, 0.25) is 0 Å². The van der Waals surface area contributed by atoms with Crippen LogP contribution in [0.3, 0.4) is 0 Å². The molecule has 1 saturated carbocycles. The molecular weight excluding hydrogens is 471 g/mol. The predicted octanol–water partition coefficient (Wildman–Crippen LogP) is 5.27. The van der Waals surface area contributed by atoms with Crippen molar-refractivity contribution in [1.29, 1.82) is 0 Å². The molecule has 0 saturated heterocycles. The lowest BCUT2D eigenvalue weighted by Gasteiger charge is -2.29. The third-order valence-corrected chi connectivity index (χ3v) is 7.16. The van der Waals surface area contributed by atoms with E-state index < -0.39 is 11.7 Å². The third-order valence-electron chi connectivity index (χ3n) is 7.16. The quantitative estimate of drug-likeness (QED) is 0.263. The van der Waals surface area contributed by atoms with Gasteiger partial charge in [-0.1, -0.05) is 24.3 Å². The van der Waals surface area contributed by atoms with Crippen molar-refractivity contribution in [2.75, 3.05) is 19.0 Å². The molecular formula is C29H31FN4O3. The number of aromatic nitrogens is 2. The van der Waals surface area contributed by atoms with E-state index in [0.717, 1.165) is 59.1 Å². The summed E-state index contributed by atoms with van der Waals surface area (Å²) in [7, 11) is 1.45. The van der Waals surface area contributed by atoms with E-state index in [1.807, 2.05) is 42.7 Å². The zero-order valence-electron chi connectivity index (χ0n) is 20.8. The first kappa shape index (κ1) is 24.8. The lowest BCUT2D eigenvalue weighted by atomic mass is 9.86. The van der Waals surface area contributed by atoms with Gasteiger partial charge in [0.15, 0.2) is 0 Å². The molecule has 1 fully saturated rings. The number of rotatable bonds is 8. The summed E-state index contributed by atoms with van der Waals surface area (Å²) >= 11 is 0. The lowest BCUT2D eigenvalue weighted by molar-refractivity contribution is 0.0947. The number of anilines is 1. The van der Waals surface area contributed by atoms with E-state index in [2.05, 4.69) is 20.6 Å². The highest BCUT2D eigenvalue weighted by atomic mass is 19.1. The van der Waals surface area contributed by atoms with E-state index in [9.17, 15) is 14.3 Å². The Morgan fingerprint density at radius 3 is 2.65 bits per heavy atom. The van der Waals surface area contributed by atoms with Gasteiger partial charge in [0.05, 0.1) is 12.7 Å². The van der Waals surface area contributed by atoms with Crippen molar-refractivity contribution in [1.82, 2.24) is 15.3 Å². The van der Waals surface area contributed by atoms with Gasteiger partial charge in [0.25, 0.3) is 5.91 Å². The summed E-state index contributed by atoms with van der Waals surface area (Å²) in [5, 5.41) is 17.0. The predicted molar refractivity (Wildman–Crippen MR) is 142 cm³/mol. The molecule has 5 rings (SSSR count). The largest absolute Gasteiger partial charge is 0.496 e. The molecule has 2 aromatic carbocycles. The number of hydrogen-bond acceptors (Lipinski definition) is 5. The van der Waals surface area contributed by atoms with Crippen molar-refractivity contribution >= 4 is 22.6 Å². The molecule has 2 heterocycles. The summed E-state index contributed by atoms with van der Waals surface area (Å²) in [5.74, 6) is -0.146. The first-order valence-corrected chi connectivity index (χ1v) is 12.6. The van der Waals surface area contributed by atoms with Crippen LogP contribution >= 0.6 is 0 Å². The summed E-state index contributed by atoms with van der Waals surface area (Å²) in [4.78, 5) is 20.4. The number of H-pyrrole nitrogens is 1. The Balaban J connectivity index is 1.30. The molecule has 0 spiro atoms. The molecule has 4 aromatic rings. The number of amides is 1. The zero-order valence-corrected chi connectivity index (χ0v) is 20.8. The fraction of sp³-hybridized carbons (Fsp3) is 0.310. The van der Waals surface area contributed by atoms with Crippen molar-refractivity contribution in [3.05, 3.63) is 77.9 Å². The van der Waals surface area contributed by atoms with E-state index in [0.29, 0.717) is 24.3 Å². The fourth-order valence-corrected chi connectivity index (χ4v) is 5.05. The minimum Gasteiger partial charge on any atom is -0.496 e. The number of carbonyl (C=O) groups is 1. The first-order valence-electron chi connectivity index (χ1n) is 12.6. The minimum atomic E-state index is -0.491. The molecule has 4 N–H and O–H groups in total. The number of aliphatic hydroxyl groups is 1. The topological polar surface area (TPSA) is 99.3 Å². The molecule has 8 heteroatoms. The Morgan fingerprint density at radius 1 is 1.14 bits per heavy atom. The van der Waals surface area contributed by atoms with Crippen LogP contribution in [-0.4, -0.2) is 40.7 Å². The van der Waals surface area contributed by atoms with Gasteiger partial charge in [-0.05, 0) is 67.0 Å². The monoisotopic (exact) mass is 502 g/mol. The maximum absolute atomic E-state index is 13.6. The number of carbonyl (C=O) groups excluding carboxylic acids is 1. The van der Waals surface area contributed by atoms with Gasteiger partial charge in [-0.25, -0.2) is 9.37 Å². The summed E-state index contributed by atoms with van der Waals surface area (Å²) < 4.78 is 18.8. The smallest absolute Gasteiger partial charge is 0.255 e. The van der Waals surface area contributed by atoms with Crippen molar-refractivity contribution in [2.24, 2.45) is 5.92 Å². The average molecular weight is 503 g/mol. The lowest BCUT2D eigenvalue weighted by Crippen LogP contribution is -2.27. The molecule has 1 amide bonds. The molecule has 0 atom stereocenters. The average Bonchev–Trinajstić information content (AvgIpc) is 3.38. The molecule has 1 aliphatic carbocycles. The maximum atomic E-state index is 13.6. The highest BCUT2D eigenvalue weighted by molar-refractivity contribution is 6.02. The van der Waals surface area contributed by atoms with Gasteiger partial charge in [0, 0.05) is 48.2 Å². The third kappa shape index (κ3) is 5.44. The number of methoxy groups -OCH3 is 1. The maximum Gasteiger partial charge on any atom is 0.255 e. The van der Waals surface area contributed by atoms with E-state index in [4.69, 9.17) is 4.74 Å². The van der Waals surface area contributed by atoms with Crippen LogP contribution in [0.4, 0.5) is 10.1 Å². The van der Waals surface area contributed by atoms with Crippen LogP contribution in [0.2, 0.25) is 0 Å². The normalized spacial score (nSPS) is 17.5. The van der Waals surface area contributed by atoms with Crippen molar-refractivity contribution < 1.29 is 19.0 Å². The first-order chi connectivity index (χ1) is 18.1. The SMILES string of the molecule is COc1ccc(F)cc1C(=O)NCc1ccc(-c2c[nH]c3nccc(NC4CCC(CO)CC4)c23)cc1. The fourth-order valence-electron chi connectivity index (χ4n) is 5.05. The number of pyridine rings is 1. The summed E-state index contributed by atoms with van der Waals surface area (Å²) in [6.07, 6.45) is 7.92. The number of ether oxygens (including phenoxy) is 1. The zero-order chi connectivity index (χ0) is 25.8. The van der Waals surface area contributed by atoms with Gasteiger partial charge < -0.3 is 25.5 Å². The Kier molecular flexibility index (Phi) is 7.37. The Labute approximate surface area is 215 Å². The number of fused-ring (bicyclic) bond motifs is 1. The molecule has 7 nitrogen and oxygen atoms in total. The van der Waals surface area contributed by atoms with Crippen LogP contribution < -0.4 is 15.4 Å². The molecule has 37 heavy (non-hydrogen) atoms. The van der Waals surface area contributed by atoms with Gasteiger partial charge in [0.1, 0.15) is 17.2 Å². The number of benzene rings is 2. The molecule has 2 aromatic heterocycles. The Bertz CT molecular complexity index is 1380. The van der Waals surface area contributed by atoms with Gasteiger partial charge in [-0.2, -0.15) is 0 Å².